The molecule has 0 radical (unpaired) electrons. The summed E-state index contributed by atoms with van der Waals surface area (Å²) in [4.78, 5) is 29.1. The van der Waals surface area contributed by atoms with Gasteiger partial charge in [-0.2, -0.15) is 4.31 Å². The van der Waals surface area contributed by atoms with E-state index < -0.39 is 22.0 Å². The Labute approximate surface area is 232 Å². The molecule has 1 N–H and O–H groups in total. The largest absolute Gasteiger partial charge is 0.354 e. The second kappa shape index (κ2) is 14.6. The van der Waals surface area contributed by atoms with Gasteiger partial charge in [0.2, 0.25) is 21.8 Å². The molecule has 0 aliphatic carbocycles. The highest BCUT2D eigenvalue weighted by molar-refractivity contribution is 7.88. The monoisotopic (exact) mass is 549 g/mol. The first-order valence-corrected chi connectivity index (χ1v) is 15.1. The Morgan fingerprint density at radius 3 is 1.74 bits per heavy atom. The fourth-order valence-corrected chi connectivity index (χ4v) is 4.98. The van der Waals surface area contributed by atoms with E-state index in [1.165, 1.54) is 9.21 Å². The minimum Gasteiger partial charge on any atom is -0.354 e. The quantitative estimate of drug-likeness (QED) is 0.326. The number of benzene rings is 3. The van der Waals surface area contributed by atoms with E-state index in [9.17, 15) is 18.0 Å². The van der Waals surface area contributed by atoms with Crippen molar-refractivity contribution >= 4 is 21.8 Å². The zero-order chi connectivity index (χ0) is 28.3. The molecule has 3 aromatic carbocycles. The Balaban J connectivity index is 1.95. The van der Waals surface area contributed by atoms with Gasteiger partial charge >= 0.3 is 0 Å². The molecule has 0 saturated carbocycles. The molecule has 3 rings (SSSR count). The van der Waals surface area contributed by atoms with Gasteiger partial charge in [-0.15, -0.1) is 0 Å². The van der Waals surface area contributed by atoms with Crippen molar-refractivity contribution < 1.29 is 18.0 Å². The molecular formula is C31H39N3O4S. The van der Waals surface area contributed by atoms with Gasteiger partial charge in [-0.3, -0.25) is 9.59 Å². The predicted octanol–water partition coefficient (Wildman–Crippen LogP) is 4.25. The van der Waals surface area contributed by atoms with Gasteiger partial charge in [0.1, 0.15) is 6.04 Å². The van der Waals surface area contributed by atoms with Crippen LogP contribution in [0, 0.1) is 5.92 Å². The average Bonchev–Trinajstić information content (AvgIpc) is 2.91. The topological polar surface area (TPSA) is 86.8 Å². The third-order valence-electron chi connectivity index (χ3n) is 6.47. The molecule has 7 nitrogen and oxygen atoms in total. The van der Waals surface area contributed by atoms with Crippen molar-refractivity contribution in [3.63, 3.8) is 0 Å². The number of sulfonamides is 1. The summed E-state index contributed by atoms with van der Waals surface area (Å²) in [6, 6.07) is 27.4. The molecule has 39 heavy (non-hydrogen) atoms. The summed E-state index contributed by atoms with van der Waals surface area (Å²) in [5, 5.41) is 3.01. The van der Waals surface area contributed by atoms with E-state index in [4.69, 9.17) is 0 Å². The van der Waals surface area contributed by atoms with Crippen LogP contribution in [0.3, 0.4) is 0 Å². The van der Waals surface area contributed by atoms with Crippen LogP contribution in [0.15, 0.2) is 91.0 Å². The van der Waals surface area contributed by atoms with Crippen molar-refractivity contribution in [1.29, 1.82) is 0 Å². The van der Waals surface area contributed by atoms with Crippen molar-refractivity contribution in [3.8, 4) is 0 Å². The first kappa shape index (κ1) is 30.1. The molecule has 0 aliphatic rings. The number of carbonyl (C=O) groups excluding carboxylic acids is 2. The highest BCUT2D eigenvalue weighted by Crippen LogP contribution is 2.17. The normalized spacial score (nSPS) is 12.3. The molecular weight excluding hydrogens is 510 g/mol. The SMILES string of the molecule is CC(C)CCNC(=O)[C@H](Cc1ccccc1)N(Cc1ccccc1)C(=O)CN(Cc1ccccc1)S(C)(=O)=O. The lowest BCUT2D eigenvalue weighted by atomic mass is 10.0. The molecule has 0 spiro atoms. The van der Waals surface area contributed by atoms with Crippen LogP contribution < -0.4 is 5.32 Å². The standard InChI is InChI=1S/C31H39N3O4S/c1-25(2)19-20-32-31(36)29(21-26-13-7-4-8-14-26)34(23-28-17-11-6-12-18-28)30(35)24-33(39(3,37)38)22-27-15-9-5-10-16-27/h4-18,25,29H,19-24H2,1-3H3,(H,32,36)/t29-/m0/s1. The van der Waals surface area contributed by atoms with E-state index >= 15 is 0 Å². The third kappa shape index (κ3) is 9.96. The highest BCUT2D eigenvalue weighted by atomic mass is 32.2. The van der Waals surface area contributed by atoms with Gasteiger partial charge in [0.05, 0.1) is 12.8 Å². The molecule has 1 atom stereocenters. The summed E-state index contributed by atoms with van der Waals surface area (Å²) in [5.74, 6) is -0.265. The number of carbonyl (C=O) groups is 2. The van der Waals surface area contributed by atoms with Crippen molar-refractivity contribution in [3.05, 3.63) is 108 Å². The maximum Gasteiger partial charge on any atom is 0.243 e. The molecule has 0 aromatic heterocycles. The number of hydrogen-bond donors (Lipinski definition) is 1. The summed E-state index contributed by atoms with van der Waals surface area (Å²) in [6.45, 7) is 4.55. The Morgan fingerprint density at radius 1 is 0.769 bits per heavy atom. The van der Waals surface area contributed by atoms with Gasteiger partial charge in [-0.05, 0) is 29.0 Å². The predicted molar refractivity (Wildman–Crippen MR) is 155 cm³/mol. The molecule has 0 heterocycles. The zero-order valence-electron chi connectivity index (χ0n) is 23.0. The van der Waals surface area contributed by atoms with Crippen LogP contribution in [0.5, 0.6) is 0 Å². The summed E-state index contributed by atoms with van der Waals surface area (Å²) in [7, 11) is -3.71. The Hall–Kier alpha value is -3.49. The minimum atomic E-state index is -3.71. The fraction of sp³-hybridized carbons (Fsp3) is 0.355. The first-order chi connectivity index (χ1) is 18.6. The summed E-state index contributed by atoms with van der Waals surface area (Å²) in [6.07, 6.45) is 2.23. The Morgan fingerprint density at radius 2 is 1.26 bits per heavy atom. The van der Waals surface area contributed by atoms with Crippen molar-refractivity contribution in [2.24, 2.45) is 5.92 Å². The summed E-state index contributed by atoms with van der Waals surface area (Å²) in [5.41, 5.74) is 2.54. The van der Waals surface area contributed by atoms with E-state index in [2.05, 4.69) is 19.2 Å². The molecule has 8 heteroatoms. The maximum atomic E-state index is 14.0. The van der Waals surface area contributed by atoms with Gasteiger partial charge < -0.3 is 10.2 Å². The van der Waals surface area contributed by atoms with Crippen molar-refractivity contribution in [2.45, 2.75) is 45.8 Å². The third-order valence-corrected chi connectivity index (χ3v) is 7.67. The molecule has 0 unspecified atom stereocenters. The van der Waals surface area contributed by atoms with Crippen LogP contribution in [0.2, 0.25) is 0 Å². The van der Waals surface area contributed by atoms with Crippen LogP contribution in [0.4, 0.5) is 0 Å². The lowest BCUT2D eigenvalue weighted by Crippen LogP contribution is -2.53. The minimum absolute atomic E-state index is 0.0640. The van der Waals surface area contributed by atoms with E-state index in [1.54, 1.807) is 0 Å². The summed E-state index contributed by atoms with van der Waals surface area (Å²) >= 11 is 0. The van der Waals surface area contributed by atoms with E-state index in [0.29, 0.717) is 18.9 Å². The van der Waals surface area contributed by atoms with Crippen LogP contribution in [0.25, 0.3) is 0 Å². The smallest absolute Gasteiger partial charge is 0.243 e. The number of nitrogens with one attached hydrogen (secondary N) is 1. The molecule has 2 amide bonds. The zero-order valence-corrected chi connectivity index (χ0v) is 23.8. The fourth-order valence-electron chi connectivity index (χ4n) is 4.26. The molecule has 0 saturated heterocycles. The van der Waals surface area contributed by atoms with Gasteiger partial charge in [-0.25, -0.2) is 8.42 Å². The van der Waals surface area contributed by atoms with Crippen LogP contribution in [0.1, 0.15) is 37.0 Å². The summed E-state index contributed by atoms with van der Waals surface area (Å²) < 4.78 is 26.6. The Bertz CT molecular complexity index is 1280. The highest BCUT2D eigenvalue weighted by Gasteiger charge is 2.32. The Kier molecular flexibility index (Phi) is 11.3. The van der Waals surface area contributed by atoms with Crippen molar-refractivity contribution in [2.75, 3.05) is 19.3 Å². The second-order valence-corrected chi connectivity index (χ2v) is 12.2. The van der Waals surface area contributed by atoms with E-state index in [1.807, 2.05) is 91.0 Å². The lowest BCUT2D eigenvalue weighted by Gasteiger charge is -2.33. The van der Waals surface area contributed by atoms with Gasteiger partial charge in [0.15, 0.2) is 0 Å². The molecule has 0 fully saturated rings. The number of nitrogens with zero attached hydrogens (tertiary/aromatic N) is 2. The average molecular weight is 550 g/mol. The number of amides is 2. The lowest BCUT2D eigenvalue weighted by molar-refractivity contribution is -0.141. The van der Waals surface area contributed by atoms with Crippen LogP contribution in [-0.4, -0.2) is 54.8 Å². The second-order valence-electron chi connectivity index (χ2n) is 10.2. The number of hydrogen-bond acceptors (Lipinski definition) is 4. The molecule has 208 valence electrons. The van der Waals surface area contributed by atoms with E-state index in [-0.39, 0.29) is 25.5 Å². The molecule has 3 aromatic rings. The van der Waals surface area contributed by atoms with Crippen LogP contribution in [-0.2, 0) is 39.1 Å². The number of rotatable bonds is 14. The first-order valence-electron chi connectivity index (χ1n) is 13.3. The van der Waals surface area contributed by atoms with Crippen molar-refractivity contribution in [1.82, 2.24) is 14.5 Å². The van der Waals surface area contributed by atoms with E-state index in [0.717, 1.165) is 29.4 Å². The van der Waals surface area contributed by atoms with Gasteiger partial charge in [0, 0.05) is 26.1 Å². The molecule has 0 bridgehead atoms. The van der Waals surface area contributed by atoms with Gasteiger partial charge in [0.25, 0.3) is 0 Å². The molecule has 0 aliphatic heterocycles. The van der Waals surface area contributed by atoms with Crippen LogP contribution >= 0.6 is 0 Å². The maximum absolute atomic E-state index is 14.0. The van der Waals surface area contributed by atoms with Gasteiger partial charge in [-0.1, -0.05) is 105 Å².